The van der Waals surface area contributed by atoms with Gasteiger partial charge in [-0.1, -0.05) is 13.0 Å². The highest BCUT2D eigenvalue weighted by atomic mass is 16.5. The van der Waals surface area contributed by atoms with Crippen molar-refractivity contribution in [1.29, 1.82) is 0 Å². The van der Waals surface area contributed by atoms with Gasteiger partial charge in [0, 0.05) is 25.8 Å². The third-order valence-corrected chi connectivity index (χ3v) is 3.85. The van der Waals surface area contributed by atoms with Crippen molar-refractivity contribution in [2.75, 3.05) is 31.2 Å². The first-order valence-electron chi connectivity index (χ1n) is 7.38. The summed E-state index contributed by atoms with van der Waals surface area (Å²) in [6.45, 7) is 7.30. The largest absolute Gasteiger partial charge is 0.378 e. The van der Waals surface area contributed by atoms with Crippen LogP contribution in [0.25, 0.3) is 0 Å². The van der Waals surface area contributed by atoms with Crippen molar-refractivity contribution in [3.05, 3.63) is 23.9 Å². The molecule has 0 aromatic carbocycles. The summed E-state index contributed by atoms with van der Waals surface area (Å²) in [6, 6.07) is 3.96. The van der Waals surface area contributed by atoms with E-state index in [-0.39, 0.29) is 5.91 Å². The van der Waals surface area contributed by atoms with Crippen LogP contribution in [0.1, 0.15) is 25.8 Å². The number of amides is 1. The molecule has 0 spiro atoms. The first kappa shape index (κ1) is 15.7. The molecule has 1 fully saturated rings. The second kappa shape index (κ2) is 6.87. The van der Waals surface area contributed by atoms with Crippen LogP contribution in [-0.2, 0) is 16.1 Å². The van der Waals surface area contributed by atoms with Crippen molar-refractivity contribution in [3.63, 3.8) is 0 Å². The second-order valence-corrected chi connectivity index (χ2v) is 5.58. The maximum absolute atomic E-state index is 11.9. The van der Waals surface area contributed by atoms with Crippen molar-refractivity contribution in [3.8, 4) is 0 Å². The van der Waals surface area contributed by atoms with Gasteiger partial charge in [-0.05, 0) is 25.0 Å². The number of carbonyl (C=O) groups excluding carboxylic acids is 1. The van der Waals surface area contributed by atoms with Crippen LogP contribution in [0.4, 0.5) is 5.82 Å². The molecule has 2 rings (SSSR count). The van der Waals surface area contributed by atoms with Gasteiger partial charge in [-0.3, -0.25) is 4.79 Å². The number of morpholine rings is 1. The molecule has 1 atom stereocenters. The Bertz CT molecular complexity index is 467. The Kier molecular flexibility index (Phi) is 5.14. The predicted octanol–water partition coefficient (Wildman–Crippen LogP) is 0.662. The second-order valence-electron chi connectivity index (χ2n) is 5.58. The van der Waals surface area contributed by atoms with Crippen LogP contribution in [0.3, 0.4) is 0 Å². The number of nitrogens with zero attached hydrogens (tertiary/aromatic N) is 2. The monoisotopic (exact) mass is 292 g/mol. The Morgan fingerprint density at radius 1 is 1.48 bits per heavy atom. The molecule has 21 heavy (non-hydrogen) atoms. The number of ether oxygens (including phenoxy) is 1. The maximum atomic E-state index is 11.9. The third kappa shape index (κ3) is 4.15. The average molecular weight is 292 g/mol. The van der Waals surface area contributed by atoms with Gasteiger partial charge in [-0.2, -0.15) is 0 Å². The molecule has 1 unspecified atom stereocenters. The Labute approximate surface area is 125 Å². The van der Waals surface area contributed by atoms with Gasteiger partial charge in [0.1, 0.15) is 5.82 Å². The molecule has 6 nitrogen and oxygen atoms in total. The third-order valence-electron chi connectivity index (χ3n) is 3.85. The van der Waals surface area contributed by atoms with E-state index in [9.17, 15) is 4.79 Å². The van der Waals surface area contributed by atoms with Crippen LogP contribution in [-0.4, -0.2) is 42.7 Å². The minimum Gasteiger partial charge on any atom is -0.378 e. The van der Waals surface area contributed by atoms with Gasteiger partial charge < -0.3 is 20.7 Å². The highest BCUT2D eigenvalue weighted by Gasteiger charge is 2.25. The fourth-order valence-corrected chi connectivity index (χ4v) is 2.05. The van der Waals surface area contributed by atoms with Gasteiger partial charge in [0.25, 0.3) is 0 Å². The quantitative estimate of drug-likeness (QED) is 0.833. The molecule has 0 bridgehead atoms. The number of carbonyl (C=O) groups is 1. The Hall–Kier alpha value is -1.66. The van der Waals surface area contributed by atoms with Crippen LogP contribution in [0.2, 0.25) is 0 Å². The fourth-order valence-electron chi connectivity index (χ4n) is 2.05. The molecule has 0 aliphatic carbocycles. The number of hydrogen-bond acceptors (Lipinski definition) is 5. The number of nitrogens with two attached hydrogens (primary N) is 1. The molecule has 1 aliphatic rings. The van der Waals surface area contributed by atoms with E-state index in [1.54, 1.807) is 13.1 Å². The molecule has 1 aliphatic heterocycles. The van der Waals surface area contributed by atoms with Crippen molar-refractivity contribution < 1.29 is 9.53 Å². The zero-order valence-corrected chi connectivity index (χ0v) is 12.8. The van der Waals surface area contributed by atoms with Crippen molar-refractivity contribution >= 4 is 11.7 Å². The molecular weight excluding hydrogens is 268 g/mol. The van der Waals surface area contributed by atoms with Gasteiger partial charge in [-0.15, -0.1) is 0 Å². The summed E-state index contributed by atoms with van der Waals surface area (Å²) in [5.41, 5.74) is 6.05. The number of anilines is 1. The summed E-state index contributed by atoms with van der Waals surface area (Å²) in [5.74, 6) is 0.813. The van der Waals surface area contributed by atoms with E-state index in [4.69, 9.17) is 10.5 Å². The number of aromatic nitrogens is 1. The molecule has 1 aromatic heterocycles. The summed E-state index contributed by atoms with van der Waals surface area (Å²) >= 11 is 0. The molecule has 0 saturated carbocycles. The molecule has 6 heteroatoms. The standard InChI is InChI=1S/C15H24N4O2/c1-3-15(2,16)14(20)18-11-12-4-5-13(17-10-12)19-6-8-21-9-7-19/h4-5,10H,3,6-9,11,16H2,1-2H3,(H,18,20). The van der Waals surface area contributed by atoms with Gasteiger partial charge in [0.05, 0.1) is 18.8 Å². The van der Waals surface area contributed by atoms with E-state index in [1.807, 2.05) is 19.1 Å². The summed E-state index contributed by atoms with van der Waals surface area (Å²) < 4.78 is 5.32. The van der Waals surface area contributed by atoms with Crippen molar-refractivity contribution in [2.45, 2.75) is 32.4 Å². The molecule has 0 radical (unpaired) electrons. The molecule has 1 amide bonds. The molecule has 1 aromatic rings. The van der Waals surface area contributed by atoms with E-state index in [2.05, 4.69) is 15.2 Å². The van der Waals surface area contributed by atoms with Crippen LogP contribution in [0.15, 0.2) is 18.3 Å². The summed E-state index contributed by atoms with van der Waals surface area (Å²) in [7, 11) is 0. The lowest BCUT2D eigenvalue weighted by Crippen LogP contribution is -2.50. The summed E-state index contributed by atoms with van der Waals surface area (Å²) in [5, 5.41) is 2.85. The Morgan fingerprint density at radius 3 is 2.76 bits per heavy atom. The lowest BCUT2D eigenvalue weighted by atomic mass is 9.99. The zero-order chi connectivity index (χ0) is 15.3. The zero-order valence-electron chi connectivity index (χ0n) is 12.8. The number of nitrogens with one attached hydrogen (secondary N) is 1. The summed E-state index contributed by atoms with van der Waals surface area (Å²) in [4.78, 5) is 18.5. The van der Waals surface area contributed by atoms with Gasteiger partial charge in [0.15, 0.2) is 0 Å². The topological polar surface area (TPSA) is 80.5 Å². The molecular formula is C15H24N4O2. The highest BCUT2D eigenvalue weighted by Crippen LogP contribution is 2.13. The highest BCUT2D eigenvalue weighted by molar-refractivity contribution is 5.85. The SMILES string of the molecule is CCC(C)(N)C(=O)NCc1ccc(N2CCOCC2)nc1. The van der Waals surface area contributed by atoms with E-state index in [0.29, 0.717) is 13.0 Å². The van der Waals surface area contributed by atoms with Crippen LogP contribution < -0.4 is 16.0 Å². The van der Waals surface area contributed by atoms with E-state index in [1.165, 1.54) is 0 Å². The van der Waals surface area contributed by atoms with E-state index in [0.717, 1.165) is 37.7 Å². The average Bonchev–Trinajstić information content (AvgIpc) is 2.54. The van der Waals surface area contributed by atoms with Crippen molar-refractivity contribution in [1.82, 2.24) is 10.3 Å². The minimum atomic E-state index is -0.818. The smallest absolute Gasteiger partial charge is 0.240 e. The Morgan fingerprint density at radius 2 is 2.19 bits per heavy atom. The van der Waals surface area contributed by atoms with E-state index < -0.39 is 5.54 Å². The van der Waals surface area contributed by atoms with Gasteiger partial charge in [0.2, 0.25) is 5.91 Å². The minimum absolute atomic E-state index is 0.137. The van der Waals surface area contributed by atoms with Gasteiger partial charge >= 0.3 is 0 Å². The lowest BCUT2D eigenvalue weighted by molar-refractivity contribution is -0.126. The lowest BCUT2D eigenvalue weighted by Gasteiger charge is -2.27. The number of rotatable bonds is 5. The number of pyridine rings is 1. The van der Waals surface area contributed by atoms with Crippen LogP contribution >= 0.6 is 0 Å². The fraction of sp³-hybridized carbons (Fsp3) is 0.600. The first-order chi connectivity index (χ1) is 10.0. The predicted molar refractivity (Wildman–Crippen MR) is 82.0 cm³/mol. The van der Waals surface area contributed by atoms with Crippen molar-refractivity contribution in [2.24, 2.45) is 5.73 Å². The van der Waals surface area contributed by atoms with Crippen LogP contribution in [0, 0.1) is 0 Å². The maximum Gasteiger partial charge on any atom is 0.240 e. The molecule has 2 heterocycles. The molecule has 3 N–H and O–H groups in total. The first-order valence-corrected chi connectivity index (χ1v) is 7.38. The number of hydrogen-bond donors (Lipinski definition) is 2. The van der Waals surface area contributed by atoms with Crippen LogP contribution in [0.5, 0.6) is 0 Å². The molecule has 116 valence electrons. The van der Waals surface area contributed by atoms with E-state index >= 15 is 0 Å². The Balaban J connectivity index is 1.89. The van der Waals surface area contributed by atoms with Gasteiger partial charge in [-0.25, -0.2) is 4.98 Å². The summed E-state index contributed by atoms with van der Waals surface area (Å²) in [6.07, 6.45) is 2.40. The molecule has 1 saturated heterocycles. The normalized spacial score (nSPS) is 18.1.